The van der Waals surface area contributed by atoms with Crippen molar-refractivity contribution in [1.29, 1.82) is 0 Å². The topological polar surface area (TPSA) is 0 Å². The first-order chi connectivity index (χ1) is 5.91. The maximum Gasteiger partial charge on any atom is 0.0909 e. The van der Waals surface area contributed by atoms with Gasteiger partial charge < -0.3 is 0 Å². The summed E-state index contributed by atoms with van der Waals surface area (Å²) in [5.74, 6) is 2.11. The molecule has 0 fully saturated rings. The van der Waals surface area contributed by atoms with Crippen molar-refractivity contribution in [2.24, 2.45) is 0 Å². The van der Waals surface area contributed by atoms with Gasteiger partial charge in [0.05, 0.1) is 13.3 Å². The van der Waals surface area contributed by atoms with E-state index in [2.05, 4.69) is 0 Å². The molecule has 2 atom stereocenters. The van der Waals surface area contributed by atoms with Gasteiger partial charge in [0.25, 0.3) is 0 Å². The molecule has 13 heavy (non-hydrogen) atoms. The molecule has 0 N–H and O–H groups in total. The molecule has 0 aromatic carbocycles. The van der Waals surface area contributed by atoms with Crippen molar-refractivity contribution in [2.45, 2.75) is 0 Å². The summed E-state index contributed by atoms with van der Waals surface area (Å²) in [5.41, 5.74) is 0. The molecule has 0 heterocycles. The van der Waals surface area contributed by atoms with Gasteiger partial charge >= 0.3 is 0 Å². The average molecular weight is 379 g/mol. The van der Waals surface area contributed by atoms with Gasteiger partial charge in [-0.1, -0.05) is 67.4 Å². The molecular formula is C3H6Cl6P4. The van der Waals surface area contributed by atoms with E-state index in [0.717, 1.165) is 5.90 Å². The molecule has 10 heteroatoms. The molecule has 0 saturated heterocycles. The highest BCUT2D eigenvalue weighted by Crippen LogP contribution is 2.68. The normalized spacial score (nSPS) is 16.6. The minimum Gasteiger partial charge on any atom is -0.0956 e. The van der Waals surface area contributed by atoms with E-state index in [-0.39, 0.29) is 0 Å². The maximum absolute atomic E-state index is 6.02. The Balaban J connectivity index is 3.58. The fraction of sp³-hybridized carbons (Fsp3) is 1.00. The molecule has 0 aliphatic rings. The van der Waals surface area contributed by atoms with Gasteiger partial charge in [-0.3, -0.25) is 0 Å². The maximum atomic E-state index is 6.02. The third-order valence-corrected chi connectivity index (χ3v) is 15.1. The minimum atomic E-state index is -0.958. The monoisotopic (exact) mass is 376 g/mol. The van der Waals surface area contributed by atoms with E-state index in [1.165, 1.54) is 0 Å². The van der Waals surface area contributed by atoms with Crippen LogP contribution in [0.1, 0.15) is 0 Å². The molecule has 0 aromatic heterocycles. The zero-order valence-electron chi connectivity index (χ0n) is 6.18. The van der Waals surface area contributed by atoms with Crippen molar-refractivity contribution in [2.75, 3.05) is 17.7 Å². The highest BCUT2D eigenvalue weighted by Gasteiger charge is 2.17. The van der Waals surface area contributed by atoms with Crippen LogP contribution in [0.3, 0.4) is 0 Å². The second-order valence-corrected chi connectivity index (χ2v) is 17.2. The Morgan fingerprint density at radius 1 is 0.538 bits per heavy atom. The SMILES string of the molecule is ClP(Cl)CP(Cl)CP(Cl)CP(Cl)Cl. The largest absolute Gasteiger partial charge is 0.0956 e. The summed E-state index contributed by atoms with van der Waals surface area (Å²) in [5, 5.41) is 0. The Morgan fingerprint density at radius 2 is 0.846 bits per heavy atom. The third-order valence-electron chi connectivity index (χ3n) is 0.828. The number of hydrogen-bond donors (Lipinski definition) is 0. The molecule has 0 bridgehead atoms. The van der Waals surface area contributed by atoms with Crippen LogP contribution in [-0.2, 0) is 0 Å². The van der Waals surface area contributed by atoms with Gasteiger partial charge in [0.2, 0.25) is 0 Å². The first-order valence-electron chi connectivity index (χ1n) is 2.91. The summed E-state index contributed by atoms with van der Waals surface area (Å²) < 4.78 is 0. The number of halogens is 6. The first-order valence-corrected chi connectivity index (χ1v) is 14.8. The van der Waals surface area contributed by atoms with Crippen molar-refractivity contribution >= 4 is 95.2 Å². The lowest BCUT2D eigenvalue weighted by Crippen LogP contribution is -1.78. The second kappa shape index (κ2) is 9.49. The van der Waals surface area contributed by atoms with Crippen LogP contribution >= 0.6 is 95.2 Å². The van der Waals surface area contributed by atoms with Crippen LogP contribution in [0.5, 0.6) is 0 Å². The first kappa shape index (κ1) is 16.5. The molecule has 0 radical (unpaired) electrons. The van der Waals surface area contributed by atoms with Gasteiger partial charge in [0.1, 0.15) is 0 Å². The van der Waals surface area contributed by atoms with Gasteiger partial charge in [-0.15, -0.1) is 0 Å². The zero-order valence-corrected chi connectivity index (χ0v) is 14.3. The predicted octanol–water partition coefficient (Wildman–Crippen LogP) is 7.71. The number of hydrogen-bond acceptors (Lipinski definition) is 0. The van der Waals surface area contributed by atoms with E-state index in [1.54, 1.807) is 0 Å². The Kier molecular flexibility index (Phi) is 12.0. The van der Waals surface area contributed by atoms with Crippen LogP contribution in [-0.4, -0.2) is 17.7 Å². The quantitative estimate of drug-likeness (QED) is 0.415. The predicted molar refractivity (Wildman–Crippen MR) is 77.4 cm³/mol. The van der Waals surface area contributed by atoms with Crippen molar-refractivity contribution in [3.05, 3.63) is 0 Å². The lowest BCUT2D eigenvalue weighted by atomic mass is 11.8. The van der Waals surface area contributed by atoms with E-state index in [0.29, 0.717) is 11.8 Å². The summed E-state index contributed by atoms with van der Waals surface area (Å²) in [6, 6.07) is 0. The van der Waals surface area contributed by atoms with Gasteiger partial charge in [0, 0.05) is 32.3 Å². The second-order valence-electron chi connectivity index (χ2n) is 1.96. The fourth-order valence-electron chi connectivity index (χ4n) is 0.488. The van der Waals surface area contributed by atoms with Crippen LogP contribution < -0.4 is 0 Å². The van der Waals surface area contributed by atoms with E-state index in [1.807, 2.05) is 0 Å². The van der Waals surface area contributed by atoms with Crippen LogP contribution in [0, 0.1) is 0 Å². The number of rotatable bonds is 6. The molecule has 2 unspecified atom stereocenters. The summed E-state index contributed by atoms with van der Waals surface area (Å²) >= 11 is 34.6. The van der Waals surface area contributed by atoms with E-state index in [9.17, 15) is 0 Å². The zero-order chi connectivity index (χ0) is 10.4. The molecule has 0 aliphatic carbocycles. The summed E-state index contributed by atoms with van der Waals surface area (Å²) in [6.45, 7) is -1.92. The van der Waals surface area contributed by atoms with Crippen LogP contribution in [0.2, 0.25) is 0 Å². The molecule has 0 aliphatic heterocycles. The van der Waals surface area contributed by atoms with Gasteiger partial charge in [-0.25, -0.2) is 0 Å². The Hall–Kier alpha value is 3.46. The average Bonchev–Trinajstić information content (AvgIpc) is 1.80. The third kappa shape index (κ3) is 11.7. The van der Waals surface area contributed by atoms with Crippen LogP contribution in [0.4, 0.5) is 0 Å². The van der Waals surface area contributed by atoms with Gasteiger partial charge in [0.15, 0.2) is 0 Å². The summed E-state index contributed by atoms with van der Waals surface area (Å²) in [6.07, 6.45) is 0. The smallest absolute Gasteiger partial charge is 0.0909 e. The molecule has 80 valence electrons. The van der Waals surface area contributed by atoms with E-state index >= 15 is 0 Å². The fourth-order valence-corrected chi connectivity index (χ4v) is 17.4. The lowest BCUT2D eigenvalue weighted by molar-refractivity contribution is 2.01. The van der Waals surface area contributed by atoms with Crippen molar-refractivity contribution in [3.8, 4) is 0 Å². The van der Waals surface area contributed by atoms with Crippen molar-refractivity contribution in [1.82, 2.24) is 0 Å². The van der Waals surface area contributed by atoms with Gasteiger partial charge in [-0.2, -0.15) is 0 Å². The van der Waals surface area contributed by atoms with Crippen molar-refractivity contribution in [3.63, 3.8) is 0 Å². The molecule has 0 spiro atoms. The van der Waals surface area contributed by atoms with Crippen LogP contribution in [0.25, 0.3) is 0 Å². The standard InChI is InChI=1S/C3H6Cl6P4/c4-10(2-12(6)7)1-11(5)3-13(8)9/h1-3H2. The van der Waals surface area contributed by atoms with Crippen LogP contribution in [0.15, 0.2) is 0 Å². The molecular weight excluding hydrogens is 373 g/mol. The van der Waals surface area contributed by atoms with E-state index < -0.39 is 27.8 Å². The molecule has 0 nitrogen and oxygen atoms in total. The van der Waals surface area contributed by atoms with Gasteiger partial charge in [-0.05, 0) is 0 Å². The van der Waals surface area contributed by atoms with E-state index in [4.69, 9.17) is 67.4 Å². The minimum absolute atomic E-state index is 0.663. The van der Waals surface area contributed by atoms with Crippen molar-refractivity contribution < 1.29 is 0 Å². The Labute approximate surface area is 112 Å². The summed E-state index contributed by atoms with van der Waals surface area (Å²) in [7, 11) is -1.33. The molecule has 0 amide bonds. The molecule has 0 saturated carbocycles. The highest BCUT2D eigenvalue weighted by atomic mass is 35.9. The lowest BCUT2D eigenvalue weighted by Gasteiger charge is -2.14. The Bertz CT molecular complexity index is 119. The molecule has 0 aromatic rings. The molecule has 0 rings (SSSR count). The summed E-state index contributed by atoms with van der Waals surface area (Å²) in [4.78, 5) is 0. The highest BCUT2D eigenvalue weighted by molar-refractivity contribution is 8.14. The Morgan fingerprint density at radius 3 is 1.08 bits per heavy atom.